The van der Waals surface area contributed by atoms with Crippen LogP contribution in [0.2, 0.25) is 0 Å². The van der Waals surface area contributed by atoms with Crippen molar-refractivity contribution in [3.63, 3.8) is 0 Å². The van der Waals surface area contributed by atoms with Crippen molar-refractivity contribution in [3.05, 3.63) is 0 Å². The first kappa shape index (κ1) is 8.05. The number of hydrogen-bond acceptors (Lipinski definition) is 3. The SMILES string of the molecule is COC(=O)[C@@H]1CC2CC2[C@@H](N)C1. The van der Waals surface area contributed by atoms with E-state index in [0.717, 1.165) is 18.8 Å². The van der Waals surface area contributed by atoms with Gasteiger partial charge in [-0.25, -0.2) is 0 Å². The Bertz CT molecular complexity index is 205. The van der Waals surface area contributed by atoms with Crippen LogP contribution in [-0.4, -0.2) is 19.1 Å². The molecule has 0 saturated heterocycles. The fourth-order valence-corrected chi connectivity index (χ4v) is 2.39. The van der Waals surface area contributed by atoms with Gasteiger partial charge in [-0.05, 0) is 31.1 Å². The first-order valence-electron chi connectivity index (χ1n) is 4.55. The van der Waals surface area contributed by atoms with Crippen molar-refractivity contribution in [2.24, 2.45) is 23.5 Å². The normalized spacial score (nSPS) is 44.8. The van der Waals surface area contributed by atoms with Gasteiger partial charge in [0.1, 0.15) is 0 Å². The summed E-state index contributed by atoms with van der Waals surface area (Å²) in [5.74, 6) is 1.44. The molecule has 2 unspecified atom stereocenters. The zero-order valence-electron chi connectivity index (χ0n) is 7.32. The van der Waals surface area contributed by atoms with Crippen LogP contribution in [0.15, 0.2) is 0 Å². The Balaban J connectivity index is 1.96. The molecule has 68 valence electrons. The van der Waals surface area contributed by atoms with E-state index in [-0.39, 0.29) is 17.9 Å². The lowest BCUT2D eigenvalue weighted by Crippen LogP contribution is -2.34. The van der Waals surface area contributed by atoms with Gasteiger partial charge in [0.2, 0.25) is 0 Å². The van der Waals surface area contributed by atoms with Gasteiger partial charge in [-0.2, -0.15) is 0 Å². The molecule has 2 aliphatic carbocycles. The predicted octanol–water partition coefficient (Wildman–Crippen LogP) is 0.533. The second-order valence-corrected chi connectivity index (χ2v) is 4.01. The molecule has 0 aliphatic heterocycles. The molecule has 2 saturated carbocycles. The molecule has 2 N–H and O–H groups in total. The van der Waals surface area contributed by atoms with Crippen molar-refractivity contribution in [2.75, 3.05) is 7.11 Å². The summed E-state index contributed by atoms with van der Waals surface area (Å²) in [7, 11) is 1.45. The van der Waals surface area contributed by atoms with Crippen LogP contribution in [0, 0.1) is 17.8 Å². The largest absolute Gasteiger partial charge is 0.469 e. The monoisotopic (exact) mass is 169 g/mol. The Kier molecular flexibility index (Phi) is 1.83. The summed E-state index contributed by atoms with van der Waals surface area (Å²) < 4.78 is 4.71. The third kappa shape index (κ3) is 1.22. The van der Waals surface area contributed by atoms with E-state index in [9.17, 15) is 4.79 Å². The summed E-state index contributed by atoms with van der Waals surface area (Å²) in [5, 5.41) is 0. The second-order valence-electron chi connectivity index (χ2n) is 4.01. The number of nitrogens with two attached hydrogens (primary N) is 1. The summed E-state index contributed by atoms with van der Waals surface area (Å²) >= 11 is 0. The Labute approximate surface area is 72.3 Å². The maximum Gasteiger partial charge on any atom is 0.308 e. The number of carbonyl (C=O) groups excluding carboxylic acids is 1. The number of esters is 1. The van der Waals surface area contributed by atoms with Crippen LogP contribution in [0.4, 0.5) is 0 Å². The molecule has 0 radical (unpaired) electrons. The van der Waals surface area contributed by atoms with Crippen LogP contribution in [-0.2, 0) is 9.53 Å². The number of methoxy groups -OCH3 is 1. The van der Waals surface area contributed by atoms with E-state index in [0.29, 0.717) is 5.92 Å². The number of carbonyl (C=O) groups is 1. The average molecular weight is 169 g/mol. The average Bonchev–Trinajstić information content (AvgIpc) is 2.82. The van der Waals surface area contributed by atoms with Gasteiger partial charge in [0.15, 0.2) is 0 Å². The molecule has 0 spiro atoms. The van der Waals surface area contributed by atoms with Crippen LogP contribution in [0.3, 0.4) is 0 Å². The Morgan fingerprint density at radius 3 is 2.75 bits per heavy atom. The fourth-order valence-electron chi connectivity index (χ4n) is 2.39. The van der Waals surface area contributed by atoms with Gasteiger partial charge in [0.25, 0.3) is 0 Å². The zero-order valence-corrected chi connectivity index (χ0v) is 7.32. The van der Waals surface area contributed by atoms with Crippen LogP contribution in [0.1, 0.15) is 19.3 Å². The molecule has 3 nitrogen and oxygen atoms in total. The molecular formula is C9H15NO2. The zero-order chi connectivity index (χ0) is 8.72. The predicted molar refractivity (Wildman–Crippen MR) is 44.3 cm³/mol. The van der Waals surface area contributed by atoms with Crippen molar-refractivity contribution in [3.8, 4) is 0 Å². The quantitative estimate of drug-likeness (QED) is 0.583. The van der Waals surface area contributed by atoms with Crippen molar-refractivity contribution < 1.29 is 9.53 Å². The van der Waals surface area contributed by atoms with Crippen LogP contribution >= 0.6 is 0 Å². The number of rotatable bonds is 1. The first-order valence-corrected chi connectivity index (χ1v) is 4.55. The van der Waals surface area contributed by atoms with E-state index in [2.05, 4.69) is 0 Å². The molecule has 0 amide bonds. The molecule has 2 rings (SSSR count). The van der Waals surface area contributed by atoms with Gasteiger partial charge in [-0.15, -0.1) is 0 Å². The maximum atomic E-state index is 11.2. The first-order chi connectivity index (χ1) is 5.72. The molecule has 0 aromatic rings. The van der Waals surface area contributed by atoms with Crippen LogP contribution in [0.5, 0.6) is 0 Å². The maximum absolute atomic E-state index is 11.2. The van der Waals surface area contributed by atoms with E-state index in [1.807, 2.05) is 0 Å². The van der Waals surface area contributed by atoms with Crippen molar-refractivity contribution >= 4 is 5.97 Å². The highest BCUT2D eigenvalue weighted by atomic mass is 16.5. The van der Waals surface area contributed by atoms with Gasteiger partial charge in [-0.3, -0.25) is 4.79 Å². The summed E-state index contributed by atoms with van der Waals surface area (Å²) in [6, 6.07) is 0.243. The third-order valence-electron chi connectivity index (χ3n) is 3.21. The van der Waals surface area contributed by atoms with Crippen LogP contribution in [0.25, 0.3) is 0 Å². The molecule has 0 heterocycles. The lowest BCUT2D eigenvalue weighted by molar-refractivity contribution is -0.146. The van der Waals surface area contributed by atoms with Crippen molar-refractivity contribution in [1.82, 2.24) is 0 Å². The molecule has 2 aliphatic rings. The molecule has 12 heavy (non-hydrogen) atoms. The van der Waals surface area contributed by atoms with E-state index in [1.54, 1.807) is 0 Å². The molecule has 0 aromatic carbocycles. The third-order valence-corrected chi connectivity index (χ3v) is 3.21. The molecule has 2 fully saturated rings. The van der Waals surface area contributed by atoms with E-state index in [1.165, 1.54) is 13.5 Å². The molecule has 3 heteroatoms. The Hall–Kier alpha value is -0.570. The molecule has 0 bridgehead atoms. The minimum Gasteiger partial charge on any atom is -0.469 e. The smallest absolute Gasteiger partial charge is 0.308 e. The van der Waals surface area contributed by atoms with Crippen LogP contribution < -0.4 is 5.73 Å². The Morgan fingerprint density at radius 2 is 2.17 bits per heavy atom. The summed E-state index contributed by atoms with van der Waals surface area (Å²) in [5.41, 5.74) is 5.90. The lowest BCUT2D eigenvalue weighted by atomic mass is 9.86. The van der Waals surface area contributed by atoms with Gasteiger partial charge in [0.05, 0.1) is 13.0 Å². The van der Waals surface area contributed by atoms with Crippen molar-refractivity contribution in [2.45, 2.75) is 25.3 Å². The highest BCUT2D eigenvalue weighted by molar-refractivity contribution is 5.72. The lowest BCUT2D eigenvalue weighted by Gasteiger charge is -2.23. The number of ether oxygens (including phenoxy) is 1. The van der Waals surface area contributed by atoms with Crippen molar-refractivity contribution in [1.29, 1.82) is 0 Å². The standard InChI is InChI=1S/C9H15NO2/c1-12-9(11)6-2-5-3-7(5)8(10)4-6/h5-8H,2-4,10H2,1H3/t5?,6-,7?,8+/m1/s1. The Morgan fingerprint density at radius 1 is 1.42 bits per heavy atom. The number of fused-ring (bicyclic) bond motifs is 1. The molecular weight excluding hydrogens is 154 g/mol. The van der Waals surface area contributed by atoms with Gasteiger partial charge < -0.3 is 10.5 Å². The molecule has 4 atom stereocenters. The van der Waals surface area contributed by atoms with Gasteiger partial charge in [-0.1, -0.05) is 0 Å². The summed E-state index contributed by atoms with van der Waals surface area (Å²) in [6.07, 6.45) is 3.06. The highest BCUT2D eigenvalue weighted by Gasteiger charge is 2.48. The minimum atomic E-state index is -0.0733. The minimum absolute atomic E-state index is 0.0733. The van der Waals surface area contributed by atoms with Gasteiger partial charge in [0, 0.05) is 6.04 Å². The van der Waals surface area contributed by atoms with Gasteiger partial charge >= 0.3 is 5.97 Å². The van der Waals surface area contributed by atoms with E-state index >= 15 is 0 Å². The number of hydrogen-bond donors (Lipinski definition) is 1. The topological polar surface area (TPSA) is 52.3 Å². The van der Waals surface area contributed by atoms with E-state index < -0.39 is 0 Å². The highest BCUT2D eigenvalue weighted by Crippen LogP contribution is 2.50. The van der Waals surface area contributed by atoms with E-state index in [4.69, 9.17) is 10.5 Å². The fraction of sp³-hybridized carbons (Fsp3) is 0.889. The second kappa shape index (κ2) is 2.73. The summed E-state index contributed by atoms with van der Waals surface area (Å²) in [4.78, 5) is 11.2. The summed E-state index contributed by atoms with van der Waals surface area (Å²) in [6.45, 7) is 0. The molecule has 0 aromatic heterocycles.